The van der Waals surface area contributed by atoms with E-state index >= 15 is 0 Å². The van der Waals surface area contributed by atoms with E-state index in [4.69, 9.17) is 4.74 Å². The van der Waals surface area contributed by atoms with Gasteiger partial charge in [0.25, 0.3) is 0 Å². The maximum Gasteiger partial charge on any atom is 0.243 e. The summed E-state index contributed by atoms with van der Waals surface area (Å²) >= 11 is 3.32. The minimum atomic E-state index is -3.45. The number of ether oxygens (including phenoxy) is 1. The summed E-state index contributed by atoms with van der Waals surface area (Å²) in [6.45, 7) is 3.63. The number of rotatable bonds is 3. The normalized spacial score (nSPS) is 21.3. The van der Waals surface area contributed by atoms with Crippen molar-refractivity contribution in [2.24, 2.45) is 0 Å². The quantitative estimate of drug-likeness (QED) is 0.897. The van der Waals surface area contributed by atoms with Gasteiger partial charge in [-0.25, -0.2) is 8.42 Å². The van der Waals surface area contributed by atoms with E-state index in [0.717, 1.165) is 4.47 Å². The van der Waals surface area contributed by atoms with Gasteiger partial charge in [-0.3, -0.25) is 0 Å². The number of hydrogen-bond donors (Lipinski definition) is 1. The van der Waals surface area contributed by atoms with Gasteiger partial charge in [0.15, 0.2) is 0 Å². The molecule has 1 aliphatic heterocycles. The Morgan fingerprint density at radius 1 is 1.47 bits per heavy atom. The van der Waals surface area contributed by atoms with Gasteiger partial charge >= 0.3 is 0 Å². The van der Waals surface area contributed by atoms with Gasteiger partial charge in [-0.05, 0) is 35.0 Å². The Labute approximate surface area is 122 Å². The summed E-state index contributed by atoms with van der Waals surface area (Å²) in [4.78, 5) is 0.265. The van der Waals surface area contributed by atoms with Crippen LogP contribution in [-0.2, 0) is 10.0 Å². The van der Waals surface area contributed by atoms with E-state index in [2.05, 4.69) is 21.2 Å². The first kappa shape index (κ1) is 14.8. The van der Waals surface area contributed by atoms with Crippen molar-refractivity contribution in [1.82, 2.24) is 9.62 Å². The Bertz CT molecular complexity index is 562. The second-order valence-corrected chi connectivity index (χ2v) is 7.31. The first-order chi connectivity index (χ1) is 8.95. The molecule has 1 saturated heterocycles. The number of methoxy groups -OCH3 is 1. The Hall–Kier alpha value is -0.630. The molecule has 2 rings (SSSR count). The topological polar surface area (TPSA) is 58.6 Å². The van der Waals surface area contributed by atoms with Crippen LogP contribution in [0.4, 0.5) is 0 Å². The molecule has 106 valence electrons. The van der Waals surface area contributed by atoms with Crippen LogP contribution in [-0.4, -0.2) is 45.5 Å². The van der Waals surface area contributed by atoms with Gasteiger partial charge in [-0.2, -0.15) is 4.31 Å². The highest BCUT2D eigenvalue weighted by Crippen LogP contribution is 2.29. The standard InChI is InChI=1S/C12H17BrN2O3S/c1-9-8-15(6-5-14-9)19(16,17)10-3-4-11(13)12(7-10)18-2/h3-4,7,9,14H,5-6,8H2,1-2H3. The lowest BCUT2D eigenvalue weighted by Gasteiger charge is -2.31. The molecule has 0 aromatic heterocycles. The Kier molecular flexibility index (Phi) is 4.50. The summed E-state index contributed by atoms with van der Waals surface area (Å²) < 4.78 is 32.5. The zero-order valence-electron chi connectivity index (χ0n) is 10.9. The molecule has 1 atom stereocenters. The lowest BCUT2D eigenvalue weighted by Crippen LogP contribution is -2.51. The Morgan fingerprint density at radius 3 is 2.84 bits per heavy atom. The van der Waals surface area contributed by atoms with E-state index in [0.29, 0.717) is 25.4 Å². The molecule has 0 spiro atoms. The first-order valence-corrected chi connectivity index (χ1v) is 8.25. The van der Waals surface area contributed by atoms with Gasteiger partial charge in [0, 0.05) is 31.7 Å². The van der Waals surface area contributed by atoms with Crippen molar-refractivity contribution in [1.29, 1.82) is 0 Å². The predicted molar refractivity (Wildman–Crippen MR) is 76.9 cm³/mol. The van der Waals surface area contributed by atoms with Crippen LogP contribution in [0.15, 0.2) is 27.6 Å². The third-order valence-electron chi connectivity index (χ3n) is 3.09. The second kappa shape index (κ2) is 5.78. The van der Waals surface area contributed by atoms with Crippen LogP contribution in [0.1, 0.15) is 6.92 Å². The number of nitrogens with one attached hydrogen (secondary N) is 1. The molecule has 0 amide bonds. The molecule has 1 N–H and O–H groups in total. The zero-order valence-corrected chi connectivity index (χ0v) is 13.3. The van der Waals surface area contributed by atoms with E-state index in [1.165, 1.54) is 11.4 Å². The SMILES string of the molecule is COc1cc(S(=O)(=O)N2CCNC(C)C2)ccc1Br. The molecular formula is C12H17BrN2O3S. The monoisotopic (exact) mass is 348 g/mol. The minimum Gasteiger partial charge on any atom is -0.496 e. The summed E-state index contributed by atoms with van der Waals surface area (Å²) in [5.74, 6) is 0.518. The van der Waals surface area contributed by atoms with Crippen molar-refractivity contribution in [2.75, 3.05) is 26.7 Å². The van der Waals surface area contributed by atoms with Crippen molar-refractivity contribution in [3.05, 3.63) is 22.7 Å². The van der Waals surface area contributed by atoms with Crippen LogP contribution >= 0.6 is 15.9 Å². The average molecular weight is 349 g/mol. The third-order valence-corrected chi connectivity index (χ3v) is 5.61. The summed E-state index contributed by atoms with van der Waals surface area (Å²) in [5.41, 5.74) is 0. The van der Waals surface area contributed by atoms with E-state index in [1.807, 2.05) is 6.92 Å². The Balaban J connectivity index is 2.33. The Morgan fingerprint density at radius 2 is 2.21 bits per heavy atom. The van der Waals surface area contributed by atoms with Gasteiger partial charge in [0.2, 0.25) is 10.0 Å². The second-order valence-electron chi connectivity index (χ2n) is 4.51. The van der Waals surface area contributed by atoms with Crippen molar-refractivity contribution in [3.63, 3.8) is 0 Å². The van der Waals surface area contributed by atoms with Gasteiger partial charge in [-0.15, -0.1) is 0 Å². The number of piperazine rings is 1. The van der Waals surface area contributed by atoms with Crippen LogP contribution in [0.2, 0.25) is 0 Å². The van der Waals surface area contributed by atoms with E-state index < -0.39 is 10.0 Å². The first-order valence-electron chi connectivity index (χ1n) is 6.02. The van der Waals surface area contributed by atoms with Crippen molar-refractivity contribution < 1.29 is 13.2 Å². The maximum absolute atomic E-state index is 12.5. The smallest absolute Gasteiger partial charge is 0.243 e. The molecule has 1 aromatic carbocycles. The average Bonchev–Trinajstić information content (AvgIpc) is 2.39. The minimum absolute atomic E-state index is 0.167. The lowest BCUT2D eigenvalue weighted by molar-refractivity contribution is 0.310. The molecule has 1 aliphatic rings. The maximum atomic E-state index is 12.5. The highest BCUT2D eigenvalue weighted by molar-refractivity contribution is 9.10. The molecule has 0 aliphatic carbocycles. The molecule has 7 heteroatoms. The molecule has 1 heterocycles. The van der Waals surface area contributed by atoms with Gasteiger partial charge in [0.05, 0.1) is 16.5 Å². The fourth-order valence-corrected chi connectivity index (χ4v) is 4.02. The zero-order chi connectivity index (χ0) is 14.0. The summed E-state index contributed by atoms with van der Waals surface area (Å²) in [7, 11) is -1.93. The van der Waals surface area contributed by atoms with E-state index in [-0.39, 0.29) is 10.9 Å². The molecule has 1 unspecified atom stereocenters. The number of nitrogens with zero attached hydrogens (tertiary/aromatic N) is 1. The molecule has 0 radical (unpaired) electrons. The van der Waals surface area contributed by atoms with Gasteiger partial charge in [0.1, 0.15) is 5.75 Å². The van der Waals surface area contributed by atoms with E-state index in [1.54, 1.807) is 18.2 Å². The largest absolute Gasteiger partial charge is 0.496 e. The number of halogens is 1. The molecule has 19 heavy (non-hydrogen) atoms. The third kappa shape index (κ3) is 3.10. The fraction of sp³-hybridized carbons (Fsp3) is 0.500. The van der Waals surface area contributed by atoms with Crippen LogP contribution in [0, 0.1) is 0 Å². The molecule has 1 aromatic rings. The van der Waals surface area contributed by atoms with Crippen LogP contribution < -0.4 is 10.1 Å². The lowest BCUT2D eigenvalue weighted by atomic mass is 10.3. The molecular weight excluding hydrogens is 332 g/mol. The van der Waals surface area contributed by atoms with Crippen molar-refractivity contribution >= 4 is 26.0 Å². The van der Waals surface area contributed by atoms with Gasteiger partial charge in [-0.1, -0.05) is 0 Å². The summed E-state index contributed by atoms with van der Waals surface area (Å²) in [5, 5.41) is 3.23. The highest BCUT2D eigenvalue weighted by atomic mass is 79.9. The van der Waals surface area contributed by atoms with Crippen LogP contribution in [0.3, 0.4) is 0 Å². The number of benzene rings is 1. The number of sulfonamides is 1. The van der Waals surface area contributed by atoms with Gasteiger partial charge < -0.3 is 10.1 Å². The predicted octanol–water partition coefficient (Wildman–Crippen LogP) is 1.44. The van der Waals surface area contributed by atoms with Crippen molar-refractivity contribution in [2.45, 2.75) is 17.9 Å². The molecule has 0 saturated carbocycles. The fourth-order valence-electron chi connectivity index (χ4n) is 2.06. The summed E-state index contributed by atoms with van der Waals surface area (Å²) in [6, 6.07) is 5.00. The number of hydrogen-bond acceptors (Lipinski definition) is 4. The van der Waals surface area contributed by atoms with Crippen molar-refractivity contribution in [3.8, 4) is 5.75 Å². The molecule has 1 fully saturated rings. The molecule has 0 bridgehead atoms. The molecule has 5 nitrogen and oxygen atoms in total. The summed E-state index contributed by atoms with van der Waals surface area (Å²) in [6.07, 6.45) is 0. The highest BCUT2D eigenvalue weighted by Gasteiger charge is 2.28. The van der Waals surface area contributed by atoms with E-state index in [9.17, 15) is 8.42 Å². The van der Waals surface area contributed by atoms with Crippen LogP contribution in [0.25, 0.3) is 0 Å². The van der Waals surface area contributed by atoms with Crippen LogP contribution in [0.5, 0.6) is 5.75 Å².